The van der Waals surface area contributed by atoms with Crippen LogP contribution < -0.4 is 11.1 Å². The van der Waals surface area contributed by atoms with Crippen LogP contribution in [0.25, 0.3) is 11.2 Å². The zero-order valence-corrected chi connectivity index (χ0v) is 17.4. The molecule has 4 rings (SSSR count). The lowest BCUT2D eigenvalue weighted by atomic mass is 10.1. The molecule has 170 valence electrons. The molecular formula is C14H20N7O8PS. The predicted octanol–water partition coefficient (Wildman–Crippen LogP) is -1.81. The van der Waals surface area contributed by atoms with Crippen molar-refractivity contribution in [1.82, 2.24) is 29.7 Å². The Hall–Kier alpha value is -2.17. The molecule has 2 saturated heterocycles. The Morgan fingerprint density at radius 1 is 1.39 bits per heavy atom. The molecule has 15 nitrogen and oxygen atoms in total. The van der Waals surface area contributed by atoms with Crippen molar-refractivity contribution in [3.8, 4) is 0 Å². The molecule has 5 atom stereocenters. The van der Waals surface area contributed by atoms with Gasteiger partial charge in [-0.2, -0.15) is 0 Å². The minimum absolute atomic E-state index is 0.0273. The molecule has 1 unspecified atom stereocenters. The molecule has 0 aliphatic carbocycles. The summed E-state index contributed by atoms with van der Waals surface area (Å²) < 4.78 is 23.7. The van der Waals surface area contributed by atoms with Gasteiger partial charge in [-0.15, -0.1) is 0 Å². The molecule has 2 fully saturated rings. The second-order valence-electron chi connectivity index (χ2n) is 6.99. The number of aromatic amines is 1. The number of H-pyrrole nitrogens is 1. The molecule has 0 radical (unpaired) electrons. The minimum atomic E-state index is -4.62. The summed E-state index contributed by atoms with van der Waals surface area (Å²) in [6.07, 6.45) is -4.99. The number of fused-ring (bicyclic) bond motifs is 1. The first-order chi connectivity index (χ1) is 14.6. The third-order valence-corrected chi connectivity index (χ3v) is 6.42. The highest BCUT2D eigenvalue weighted by molar-refractivity contribution is 7.71. The van der Waals surface area contributed by atoms with Gasteiger partial charge in [-0.05, 0) is 12.2 Å². The van der Waals surface area contributed by atoms with Gasteiger partial charge in [0.25, 0.3) is 0 Å². The summed E-state index contributed by atoms with van der Waals surface area (Å²) in [6.45, 7) is -0.275. The van der Waals surface area contributed by atoms with Crippen LogP contribution in [-0.4, -0.2) is 94.4 Å². The molecule has 31 heavy (non-hydrogen) atoms. The van der Waals surface area contributed by atoms with E-state index in [1.807, 2.05) is 0 Å². The average Bonchev–Trinajstić information content (AvgIpc) is 3.38. The molecule has 2 aromatic heterocycles. The summed E-state index contributed by atoms with van der Waals surface area (Å²) in [7, 11) is -4.62. The van der Waals surface area contributed by atoms with Gasteiger partial charge in [0.1, 0.15) is 36.8 Å². The summed E-state index contributed by atoms with van der Waals surface area (Å²) in [5.41, 5.74) is 6.37. The van der Waals surface area contributed by atoms with E-state index in [9.17, 15) is 29.4 Å². The van der Waals surface area contributed by atoms with Gasteiger partial charge in [-0.3, -0.25) is 19.3 Å². The highest BCUT2D eigenvalue weighted by Crippen LogP contribution is 2.43. The number of aromatic nitrogens is 4. The number of nitrogens with two attached hydrogens (primary N) is 1. The van der Waals surface area contributed by atoms with Gasteiger partial charge >= 0.3 is 13.7 Å². The number of aliphatic hydroxyl groups is 2. The maximum absolute atomic E-state index is 12.3. The van der Waals surface area contributed by atoms with E-state index in [1.54, 1.807) is 0 Å². The SMILES string of the molecule is Nc1ncnc2c1[nH]c(=S)n2[C@@H]1O[C@H](COC(=O)N2CCNC2P(=O)(O)O)[C@@H](O)[C@H]1O. The third kappa shape index (κ3) is 3.92. The maximum atomic E-state index is 12.3. The fraction of sp³-hybridized carbons (Fsp3) is 0.571. The van der Waals surface area contributed by atoms with Crippen molar-refractivity contribution in [3.05, 3.63) is 11.1 Å². The van der Waals surface area contributed by atoms with Gasteiger partial charge in [0.15, 0.2) is 28.4 Å². The van der Waals surface area contributed by atoms with Gasteiger partial charge in [0.2, 0.25) is 0 Å². The van der Waals surface area contributed by atoms with Crippen molar-refractivity contribution in [2.24, 2.45) is 0 Å². The van der Waals surface area contributed by atoms with E-state index >= 15 is 0 Å². The average molecular weight is 477 g/mol. The molecule has 0 aromatic carbocycles. The number of hydrogen-bond donors (Lipinski definition) is 7. The molecule has 2 aliphatic heterocycles. The van der Waals surface area contributed by atoms with Crippen LogP contribution in [0, 0.1) is 4.77 Å². The van der Waals surface area contributed by atoms with E-state index in [-0.39, 0.29) is 29.3 Å². The van der Waals surface area contributed by atoms with E-state index in [4.69, 9.17) is 27.4 Å². The lowest BCUT2D eigenvalue weighted by Crippen LogP contribution is -2.42. The lowest BCUT2D eigenvalue weighted by molar-refractivity contribution is -0.0566. The van der Waals surface area contributed by atoms with Crippen molar-refractivity contribution in [3.63, 3.8) is 0 Å². The number of ether oxygens (including phenoxy) is 2. The Morgan fingerprint density at radius 3 is 2.84 bits per heavy atom. The Bertz CT molecular complexity index is 1100. The number of carbonyl (C=O) groups is 1. The van der Waals surface area contributed by atoms with Crippen LogP contribution in [0.2, 0.25) is 0 Å². The molecule has 1 amide bonds. The van der Waals surface area contributed by atoms with Crippen molar-refractivity contribution in [1.29, 1.82) is 0 Å². The zero-order valence-electron chi connectivity index (χ0n) is 15.7. The first-order valence-corrected chi connectivity index (χ1v) is 11.1. The van der Waals surface area contributed by atoms with Crippen LogP contribution in [0.15, 0.2) is 6.33 Å². The van der Waals surface area contributed by atoms with Crippen molar-refractivity contribution in [2.45, 2.75) is 30.4 Å². The number of rotatable bonds is 4. The molecule has 2 aromatic rings. The minimum Gasteiger partial charge on any atom is -0.446 e. The monoisotopic (exact) mass is 477 g/mol. The van der Waals surface area contributed by atoms with Crippen LogP contribution in [0.5, 0.6) is 0 Å². The van der Waals surface area contributed by atoms with E-state index in [0.717, 1.165) is 4.90 Å². The van der Waals surface area contributed by atoms with Crippen LogP contribution in [-0.2, 0) is 14.0 Å². The molecule has 0 bridgehead atoms. The number of imidazole rings is 1. The number of amides is 1. The fourth-order valence-electron chi connectivity index (χ4n) is 3.55. The molecule has 2 aliphatic rings. The highest BCUT2D eigenvalue weighted by atomic mass is 32.1. The van der Waals surface area contributed by atoms with Crippen LogP contribution in [0.1, 0.15) is 6.23 Å². The lowest BCUT2D eigenvalue weighted by Gasteiger charge is -2.25. The zero-order chi connectivity index (χ0) is 22.5. The van der Waals surface area contributed by atoms with Gasteiger partial charge in [0, 0.05) is 13.1 Å². The second kappa shape index (κ2) is 8.07. The van der Waals surface area contributed by atoms with Crippen LogP contribution >= 0.6 is 19.8 Å². The Labute approximate surface area is 179 Å². The summed E-state index contributed by atoms with van der Waals surface area (Å²) in [4.78, 5) is 42.5. The normalized spacial score (nSPS) is 29.0. The third-order valence-electron chi connectivity index (χ3n) is 5.03. The summed E-state index contributed by atoms with van der Waals surface area (Å²) >= 11 is 5.24. The highest BCUT2D eigenvalue weighted by Gasteiger charge is 2.46. The molecule has 0 saturated carbocycles. The Morgan fingerprint density at radius 2 is 2.13 bits per heavy atom. The maximum Gasteiger partial charge on any atom is 0.411 e. The number of anilines is 1. The van der Waals surface area contributed by atoms with Crippen molar-refractivity contribution < 1.29 is 38.8 Å². The van der Waals surface area contributed by atoms with Gasteiger partial charge in [-0.25, -0.2) is 14.8 Å². The van der Waals surface area contributed by atoms with E-state index in [0.29, 0.717) is 5.52 Å². The van der Waals surface area contributed by atoms with E-state index < -0.39 is 50.7 Å². The number of hydrogen-bond acceptors (Lipinski definition) is 11. The molecule has 4 heterocycles. The van der Waals surface area contributed by atoms with Crippen molar-refractivity contribution in [2.75, 3.05) is 25.4 Å². The smallest absolute Gasteiger partial charge is 0.411 e. The first kappa shape index (κ1) is 22.0. The van der Waals surface area contributed by atoms with Crippen LogP contribution in [0.3, 0.4) is 0 Å². The predicted molar refractivity (Wildman–Crippen MR) is 105 cm³/mol. The topological polar surface area (TPSA) is 221 Å². The summed E-state index contributed by atoms with van der Waals surface area (Å²) in [5, 5.41) is 23.4. The van der Waals surface area contributed by atoms with E-state index in [2.05, 4.69) is 20.3 Å². The Kier molecular flexibility index (Phi) is 5.74. The quantitative estimate of drug-likeness (QED) is 0.191. The van der Waals surface area contributed by atoms with Crippen LogP contribution in [0.4, 0.5) is 10.6 Å². The summed E-state index contributed by atoms with van der Waals surface area (Å²) in [6, 6.07) is 0. The number of carbonyl (C=O) groups excluding carboxylic acids is 1. The fourth-order valence-corrected chi connectivity index (χ4v) is 4.78. The summed E-state index contributed by atoms with van der Waals surface area (Å²) in [5.74, 6) is -1.37. The van der Waals surface area contributed by atoms with Crippen molar-refractivity contribution >= 4 is 42.9 Å². The Balaban J connectivity index is 1.48. The number of aliphatic hydroxyl groups excluding tert-OH is 2. The second-order valence-corrected chi connectivity index (χ2v) is 9.05. The van der Waals surface area contributed by atoms with Gasteiger partial charge < -0.3 is 40.2 Å². The molecule has 17 heteroatoms. The van der Waals surface area contributed by atoms with Gasteiger partial charge in [-0.1, -0.05) is 0 Å². The standard InChI is InChI=1S/C14H20N7O8PS/c15-9-6-10(18-4-17-9)21(13(31)19-6)11-8(23)7(22)5(29-11)3-28-14(24)20-2-1-16-12(20)30(25,26)27/h4-5,7-8,11-12,16,22-23H,1-3H2,(H,19,31)(H2,15,17,18)(H2,25,26,27)/t5-,7-,8-,11-,12?/m1/s1. The molecular weight excluding hydrogens is 457 g/mol. The van der Waals surface area contributed by atoms with Gasteiger partial charge in [0.05, 0.1) is 0 Å². The molecule has 8 N–H and O–H groups in total. The van der Waals surface area contributed by atoms with E-state index in [1.165, 1.54) is 10.9 Å². The first-order valence-electron chi connectivity index (χ1n) is 9.04. The number of nitrogens with one attached hydrogen (secondary N) is 2. The number of nitrogen functional groups attached to an aromatic ring is 1. The number of nitrogens with zero attached hydrogens (tertiary/aromatic N) is 4. The molecule has 0 spiro atoms. The largest absolute Gasteiger partial charge is 0.446 e.